The summed E-state index contributed by atoms with van der Waals surface area (Å²) in [6.07, 6.45) is 1.04. The molecular formula is C19H28N2O4. The molecule has 0 spiro atoms. The SMILES string of the molecule is C[C@H]1COC(C)(C)CN1C(=O)NC(CCC(=O)O)Cc1ccccc1. The molecule has 138 valence electrons. The van der Waals surface area contributed by atoms with Gasteiger partial charge < -0.3 is 20.1 Å². The molecule has 0 aromatic heterocycles. The number of rotatable bonds is 6. The Morgan fingerprint density at radius 2 is 2.04 bits per heavy atom. The molecule has 1 heterocycles. The Kier molecular flexibility index (Phi) is 6.42. The molecule has 25 heavy (non-hydrogen) atoms. The first kappa shape index (κ1) is 19.2. The van der Waals surface area contributed by atoms with Gasteiger partial charge in [0.15, 0.2) is 0 Å². The normalized spacial score (nSPS) is 20.8. The minimum atomic E-state index is -0.854. The molecule has 0 bridgehead atoms. The fourth-order valence-corrected chi connectivity index (χ4v) is 3.00. The Balaban J connectivity index is 2.03. The topological polar surface area (TPSA) is 78.9 Å². The summed E-state index contributed by atoms with van der Waals surface area (Å²) in [4.78, 5) is 25.5. The lowest BCUT2D eigenvalue weighted by Crippen LogP contribution is -2.58. The van der Waals surface area contributed by atoms with Crippen LogP contribution in [0.4, 0.5) is 4.79 Å². The number of urea groups is 1. The van der Waals surface area contributed by atoms with Crippen molar-refractivity contribution in [2.75, 3.05) is 13.2 Å². The molecule has 1 aliphatic heterocycles. The number of nitrogens with zero attached hydrogens (tertiary/aromatic N) is 1. The molecule has 2 rings (SSSR count). The first-order valence-electron chi connectivity index (χ1n) is 8.73. The molecule has 1 unspecified atom stereocenters. The van der Waals surface area contributed by atoms with Gasteiger partial charge in [0.2, 0.25) is 0 Å². The lowest BCUT2D eigenvalue weighted by atomic mass is 10.0. The number of carbonyl (C=O) groups is 2. The highest BCUT2D eigenvalue weighted by Crippen LogP contribution is 2.21. The Bertz CT molecular complexity index is 588. The van der Waals surface area contributed by atoms with Crippen molar-refractivity contribution in [3.05, 3.63) is 35.9 Å². The van der Waals surface area contributed by atoms with Crippen molar-refractivity contribution in [1.29, 1.82) is 0 Å². The van der Waals surface area contributed by atoms with Gasteiger partial charge in [0, 0.05) is 12.5 Å². The fourth-order valence-electron chi connectivity index (χ4n) is 3.00. The van der Waals surface area contributed by atoms with Gasteiger partial charge in [0.1, 0.15) is 0 Å². The monoisotopic (exact) mass is 348 g/mol. The number of nitrogens with one attached hydrogen (secondary N) is 1. The summed E-state index contributed by atoms with van der Waals surface area (Å²) in [5.74, 6) is -0.854. The number of hydrogen-bond acceptors (Lipinski definition) is 3. The van der Waals surface area contributed by atoms with E-state index < -0.39 is 5.97 Å². The van der Waals surface area contributed by atoms with Crippen molar-refractivity contribution in [1.82, 2.24) is 10.2 Å². The minimum absolute atomic E-state index is 0.00938. The van der Waals surface area contributed by atoms with E-state index >= 15 is 0 Å². The van der Waals surface area contributed by atoms with Crippen molar-refractivity contribution in [3.63, 3.8) is 0 Å². The predicted octanol–water partition coefficient (Wildman–Crippen LogP) is 2.67. The van der Waals surface area contributed by atoms with Gasteiger partial charge in [-0.05, 0) is 39.2 Å². The van der Waals surface area contributed by atoms with Gasteiger partial charge in [0.25, 0.3) is 0 Å². The molecule has 0 saturated carbocycles. The number of hydrogen-bond donors (Lipinski definition) is 2. The second kappa shape index (κ2) is 8.34. The predicted molar refractivity (Wildman–Crippen MR) is 95.5 cm³/mol. The quantitative estimate of drug-likeness (QED) is 0.828. The third-order valence-corrected chi connectivity index (χ3v) is 4.42. The van der Waals surface area contributed by atoms with Gasteiger partial charge in [-0.3, -0.25) is 4.79 Å². The lowest BCUT2D eigenvalue weighted by Gasteiger charge is -2.42. The molecule has 6 heteroatoms. The Morgan fingerprint density at radius 1 is 1.36 bits per heavy atom. The number of carboxylic acid groups (broad SMARTS) is 1. The number of amides is 2. The number of benzene rings is 1. The van der Waals surface area contributed by atoms with Crippen LogP contribution in [0.25, 0.3) is 0 Å². The van der Waals surface area contributed by atoms with E-state index in [0.29, 0.717) is 26.0 Å². The summed E-state index contributed by atoms with van der Waals surface area (Å²) in [7, 11) is 0. The molecule has 0 radical (unpaired) electrons. The van der Waals surface area contributed by atoms with Crippen LogP contribution >= 0.6 is 0 Å². The molecule has 2 atom stereocenters. The molecule has 1 aromatic rings. The molecular weight excluding hydrogens is 320 g/mol. The number of ether oxygens (including phenoxy) is 1. The summed E-state index contributed by atoms with van der Waals surface area (Å²) >= 11 is 0. The standard InChI is InChI=1S/C19H28N2O4/c1-14-12-25-19(2,3)13-21(14)18(24)20-16(9-10-17(22)23)11-15-7-5-4-6-8-15/h4-8,14,16H,9-13H2,1-3H3,(H,20,24)(H,22,23)/t14-,16?/m0/s1. The minimum Gasteiger partial charge on any atom is -0.481 e. The maximum absolute atomic E-state index is 12.8. The summed E-state index contributed by atoms with van der Waals surface area (Å²) < 4.78 is 5.74. The summed E-state index contributed by atoms with van der Waals surface area (Å²) in [5, 5.41) is 12.0. The average molecular weight is 348 g/mol. The Labute approximate surface area is 149 Å². The zero-order valence-corrected chi connectivity index (χ0v) is 15.2. The van der Waals surface area contributed by atoms with E-state index in [1.165, 1.54) is 0 Å². The highest BCUT2D eigenvalue weighted by Gasteiger charge is 2.35. The second-order valence-electron chi connectivity index (χ2n) is 7.32. The van der Waals surface area contributed by atoms with E-state index in [-0.39, 0.29) is 30.1 Å². The number of carbonyl (C=O) groups excluding carboxylic acids is 1. The maximum Gasteiger partial charge on any atom is 0.318 e. The van der Waals surface area contributed by atoms with Gasteiger partial charge in [-0.25, -0.2) is 4.79 Å². The summed E-state index contributed by atoms with van der Waals surface area (Å²) in [6, 6.07) is 9.41. The molecule has 1 aromatic carbocycles. The zero-order chi connectivity index (χ0) is 18.4. The molecule has 1 aliphatic rings. The Morgan fingerprint density at radius 3 is 2.68 bits per heavy atom. The van der Waals surface area contributed by atoms with Gasteiger partial charge in [-0.2, -0.15) is 0 Å². The van der Waals surface area contributed by atoms with Gasteiger partial charge >= 0.3 is 12.0 Å². The fraction of sp³-hybridized carbons (Fsp3) is 0.579. The highest BCUT2D eigenvalue weighted by atomic mass is 16.5. The van der Waals surface area contributed by atoms with E-state index in [0.717, 1.165) is 5.56 Å². The van der Waals surface area contributed by atoms with Crippen LogP contribution in [-0.2, 0) is 16.0 Å². The van der Waals surface area contributed by atoms with Crippen molar-refractivity contribution in [2.24, 2.45) is 0 Å². The van der Waals surface area contributed by atoms with Crippen LogP contribution in [0.3, 0.4) is 0 Å². The molecule has 1 saturated heterocycles. The number of aliphatic carboxylic acids is 1. The van der Waals surface area contributed by atoms with E-state index in [4.69, 9.17) is 9.84 Å². The third kappa shape index (κ3) is 6.05. The van der Waals surface area contributed by atoms with Crippen LogP contribution in [0.5, 0.6) is 0 Å². The van der Waals surface area contributed by atoms with E-state index in [1.54, 1.807) is 4.90 Å². The van der Waals surface area contributed by atoms with Crippen LogP contribution in [0.1, 0.15) is 39.2 Å². The largest absolute Gasteiger partial charge is 0.481 e. The van der Waals surface area contributed by atoms with E-state index in [9.17, 15) is 9.59 Å². The highest BCUT2D eigenvalue weighted by molar-refractivity contribution is 5.75. The third-order valence-electron chi connectivity index (χ3n) is 4.42. The van der Waals surface area contributed by atoms with E-state index in [2.05, 4.69) is 5.32 Å². The van der Waals surface area contributed by atoms with Crippen LogP contribution in [0.2, 0.25) is 0 Å². The van der Waals surface area contributed by atoms with Gasteiger partial charge in [0.05, 0.1) is 24.8 Å². The van der Waals surface area contributed by atoms with Crippen molar-refractivity contribution < 1.29 is 19.4 Å². The van der Waals surface area contributed by atoms with Crippen molar-refractivity contribution in [2.45, 2.75) is 57.7 Å². The molecule has 6 nitrogen and oxygen atoms in total. The zero-order valence-electron chi connectivity index (χ0n) is 15.2. The second-order valence-corrected chi connectivity index (χ2v) is 7.32. The molecule has 1 fully saturated rings. The molecule has 2 amide bonds. The van der Waals surface area contributed by atoms with Gasteiger partial charge in [-0.15, -0.1) is 0 Å². The number of carboxylic acids is 1. The number of morpholine rings is 1. The average Bonchev–Trinajstić information content (AvgIpc) is 2.55. The maximum atomic E-state index is 12.8. The first-order chi connectivity index (χ1) is 11.8. The lowest BCUT2D eigenvalue weighted by molar-refractivity contribution is -0.137. The van der Waals surface area contributed by atoms with Crippen LogP contribution in [0.15, 0.2) is 30.3 Å². The van der Waals surface area contributed by atoms with Crippen LogP contribution < -0.4 is 5.32 Å². The van der Waals surface area contributed by atoms with Crippen molar-refractivity contribution >= 4 is 12.0 Å². The van der Waals surface area contributed by atoms with Gasteiger partial charge in [-0.1, -0.05) is 30.3 Å². The van der Waals surface area contributed by atoms with Crippen LogP contribution in [-0.4, -0.2) is 52.8 Å². The van der Waals surface area contributed by atoms with Crippen molar-refractivity contribution in [3.8, 4) is 0 Å². The summed E-state index contributed by atoms with van der Waals surface area (Å²) in [6.45, 7) is 6.89. The molecule has 0 aliphatic carbocycles. The first-order valence-corrected chi connectivity index (χ1v) is 8.73. The Hall–Kier alpha value is -2.08. The smallest absolute Gasteiger partial charge is 0.318 e. The van der Waals surface area contributed by atoms with E-state index in [1.807, 2.05) is 51.1 Å². The van der Waals surface area contributed by atoms with Crippen LogP contribution in [0, 0.1) is 0 Å². The summed E-state index contributed by atoms with van der Waals surface area (Å²) in [5.41, 5.74) is 0.702. The molecule has 2 N–H and O–H groups in total.